The minimum Gasteiger partial charge on any atom is -0.349 e. The summed E-state index contributed by atoms with van der Waals surface area (Å²) < 4.78 is 0. The van der Waals surface area contributed by atoms with E-state index in [1.807, 2.05) is 0 Å². The Morgan fingerprint density at radius 1 is 1.42 bits per heavy atom. The quantitative estimate of drug-likeness (QED) is 0.881. The Bertz CT molecular complexity index is 488. The predicted molar refractivity (Wildman–Crippen MR) is 79.0 cm³/mol. The number of halogens is 2. The number of benzene rings is 1. The van der Waals surface area contributed by atoms with E-state index in [0.717, 1.165) is 19.5 Å². The maximum Gasteiger partial charge on any atom is 0.253 e. The topological polar surface area (TPSA) is 41.1 Å². The van der Waals surface area contributed by atoms with Crippen molar-refractivity contribution in [3.63, 3.8) is 0 Å². The fourth-order valence-electron chi connectivity index (χ4n) is 2.35. The zero-order valence-electron chi connectivity index (χ0n) is 11.1. The van der Waals surface area contributed by atoms with Crippen molar-refractivity contribution in [2.45, 2.75) is 26.3 Å². The van der Waals surface area contributed by atoms with E-state index in [9.17, 15) is 4.79 Å². The molecule has 2 N–H and O–H groups in total. The van der Waals surface area contributed by atoms with Gasteiger partial charge in [0.1, 0.15) is 0 Å². The van der Waals surface area contributed by atoms with Crippen molar-refractivity contribution in [1.82, 2.24) is 10.6 Å². The van der Waals surface area contributed by atoms with E-state index < -0.39 is 0 Å². The number of rotatable bonds is 2. The summed E-state index contributed by atoms with van der Waals surface area (Å²) in [5, 5.41) is 7.13. The summed E-state index contributed by atoms with van der Waals surface area (Å²) in [6.45, 7) is 6.09. The first-order valence-electron chi connectivity index (χ1n) is 6.37. The molecular weight excluding hydrogens is 283 g/mol. The van der Waals surface area contributed by atoms with Crippen molar-refractivity contribution in [2.24, 2.45) is 5.41 Å². The van der Waals surface area contributed by atoms with Gasteiger partial charge in [0.25, 0.3) is 5.91 Å². The van der Waals surface area contributed by atoms with Crippen LogP contribution >= 0.6 is 23.2 Å². The van der Waals surface area contributed by atoms with Crippen molar-refractivity contribution in [1.29, 1.82) is 0 Å². The third-order valence-electron chi connectivity index (χ3n) is 3.64. The normalized spacial score (nSPS) is 22.0. The van der Waals surface area contributed by atoms with Gasteiger partial charge in [0.05, 0.1) is 15.6 Å². The van der Waals surface area contributed by atoms with Crippen LogP contribution in [-0.4, -0.2) is 25.0 Å². The van der Waals surface area contributed by atoms with Crippen LogP contribution in [0.15, 0.2) is 18.2 Å². The Hall–Kier alpha value is -0.770. The molecular formula is C14H18Cl2N2O. The molecule has 0 spiro atoms. The standard InChI is InChI=1S/C14H18Cl2N2O/c1-14(2)8-17-7-6-11(14)18-13(19)9-4-3-5-10(15)12(9)16/h3-5,11,17H,6-8H2,1-2H3,(H,18,19). The van der Waals surface area contributed by atoms with Gasteiger partial charge in [-0.15, -0.1) is 0 Å². The molecule has 1 aliphatic heterocycles. The number of carbonyl (C=O) groups excluding carboxylic acids is 1. The Morgan fingerprint density at radius 3 is 2.84 bits per heavy atom. The minimum absolute atomic E-state index is 0.0267. The van der Waals surface area contributed by atoms with E-state index in [-0.39, 0.29) is 17.4 Å². The van der Waals surface area contributed by atoms with Crippen LogP contribution in [-0.2, 0) is 0 Å². The Labute approximate surface area is 123 Å². The highest BCUT2D eigenvalue weighted by Gasteiger charge is 2.33. The number of nitrogens with one attached hydrogen (secondary N) is 2. The maximum absolute atomic E-state index is 12.3. The molecule has 1 unspecified atom stereocenters. The molecule has 0 bridgehead atoms. The molecule has 3 nitrogen and oxygen atoms in total. The van der Waals surface area contributed by atoms with Crippen molar-refractivity contribution in [3.05, 3.63) is 33.8 Å². The number of hydrogen-bond donors (Lipinski definition) is 2. The lowest BCUT2D eigenvalue weighted by Gasteiger charge is -2.39. The van der Waals surface area contributed by atoms with E-state index in [1.54, 1.807) is 18.2 Å². The van der Waals surface area contributed by atoms with Gasteiger partial charge < -0.3 is 10.6 Å². The van der Waals surface area contributed by atoms with Crippen LogP contribution in [0.3, 0.4) is 0 Å². The van der Waals surface area contributed by atoms with Crippen molar-refractivity contribution in [3.8, 4) is 0 Å². The summed E-state index contributed by atoms with van der Waals surface area (Å²) in [4.78, 5) is 12.3. The average molecular weight is 301 g/mol. The van der Waals surface area contributed by atoms with E-state index in [4.69, 9.17) is 23.2 Å². The monoisotopic (exact) mass is 300 g/mol. The zero-order chi connectivity index (χ0) is 14.0. The summed E-state index contributed by atoms with van der Waals surface area (Å²) in [5.74, 6) is -0.160. The Balaban J connectivity index is 2.15. The minimum atomic E-state index is -0.160. The molecule has 1 atom stereocenters. The van der Waals surface area contributed by atoms with Crippen LogP contribution < -0.4 is 10.6 Å². The summed E-state index contributed by atoms with van der Waals surface area (Å²) in [6, 6.07) is 5.24. The van der Waals surface area contributed by atoms with Crippen molar-refractivity contribution in [2.75, 3.05) is 13.1 Å². The van der Waals surface area contributed by atoms with Crippen LogP contribution in [0.1, 0.15) is 30.6 Å². The first kappa shape index (κ1) is 14.6. The number of piperidine rings is 1. The number of amides is 1. The highest BCUT2D eigenvalue weighted by atomic mass is 35.5. The van der Waals surface area contributed by atoms with E-state index in [2.05, 4.69) is 24.5 Å². The van der Waals surface area contributed by atoms with Gasteiger partial charge in [0.2, 0.25) is 0 Å². The van der Waals surface area contributed by atoms with E-state index in [0.29, 0.717) is 15.6 Å². The molecule has 2 rings (SSSR count). The first-order valence-corrected chi connectivity index (χ1v) is 7.13. The van der Waals surface area contributed by atoms with Gasteiger partial charge in [-0.1, -0.05) is 43.1 Å². The summed E-state index contributed by atoms with van der Waals surface area (Å²) in [5.41, 5.74) is 0.461. The van der Waals surface area contributed by atoms with Gasteiger partial charge in [-0.2, -0.15) is 0 Å². The molecule has 0 radical (unpaired) electrons. The maximum atomic E-state index is 12.3. The van der Waals surface area contributed by atoms with Gasteiger partial charge in [-0.25, -0.2) is 0 Å². The SMILES string of the molecule is CC1(C)CNCCC1NC(=O)c1cccc(Cl)c1Cl. The van der Waals surface area contributed by atoms with Crippen LogP contribution in [0.4, 0.5) is 0 Å². The van der Waals surface area contributed by atoms with Crippen LogP contribution in [0.5, 0.6) is 0 Å². The van der Waals surface area contributed by atoms with Gasteiger partial charge in [-0.05, 0) is 30.5 Å². The highest BCUT2D eigenvalue weighted by Crippen LogP contribution is 2.28. The largest absolute Gasteiger partial charge is 0.349 e. The van der Waals surface area contributed by atoms with Crippen LogP contribution in [0.2, 0.25) is 10.0 Å². The Morgan fingerprint density at radius 2 is 2.16 bits per heavy atom. The molecule has 1 fully saturated rings. The van der Waals surface area contributed by atoms with Gasteiger partial charge in [0, 0.05) is 12.6 Å². The van der Waals surface area contributed by atoms with E-state index in [1.165, 1.54) is 0 Å². The number of carbonyl (C=O) groups is 1. The average Bonchev–Trinajstić information content (AvgIpc) is 2.35. The number of hydrogen-bond acceptors (Lipinski definition) is 2. The third kappa shape index (κ3) is 3.22. The summed E-state index contributed by atoms with van der Waals surface area (Å²) >= 11 is 12.0. The molecule has 104 valence electrons. The lowest BCUT2D eigenvalue weighted by atomic mass is 9.80. The molecule has 19 heavy (non-hydrogen) atoms. The molecule has 1 aromatic rings. The van der Waals surface area contributed by atoms with Crippen LogP contribution in [0.25, 0.3) is 0 Å². The smallest absolute Gasteiger partial charge is 0.253 e. The van der Waals surface area contributed by atoms with Crippen LogP contribution in [0, 0.1) is 5.41 Å². The van der Waals surface area contributed by atoms with Gasteiger partial charge in [-0.3, -0.25) is 4.79 Å². The van der Waals surface area contributed by atoms with Gasteiger partial charge >= 0.3 is 0 Å². The summed E-state index contributed by atoms with van der Waals surface area (Å²) in [7, 11) is 0. The second kappa shape index (κ2) is 5.70. The molecule has 0 aliphatic carbocycles. The van der Waals surface area contributed by atoms with Crippen molar-refractivity contribution >= 4 is 29.1 Å². The van der Waals surface area contributed by atoms with Gasteiger partial charge in [0.15, 0.2) is 0 Å². The fourth-order valence-corrected chi connectivity index (χ4v) is 2.74. The molecule has 1 saturated heterocycles. The zero-order valence-corrected chi connectivity index (χ0v) is 12.6. The highest BCUT2D eigenvalue weighted by molar-refractivity contribution is 6.43. The Kier molecular flexibility index (Phi) is 4.39. The molecule has 1 aliphatic rings. The van der Waals surface area contributed by atoms with Crippen molar-refractivity contribution < 1.29 is 4.79 Å². The molecule has 1 aromatic carbocycles. The molecule has 1 amide bonds. The molecule has 0 aromatic heterocycles. The molecule has 0 saturated carbocycles. The second-order valence-corrected chi connectivity index (χ2v) is 6.37. The molecule has 5 heteroatoms. The molecule has 1 heterocycles. The second-order valence-electron chi connectivity index (χ2n) is 5.58. The lowest BCUT2D eigenvalue weighted by Crippen LogP contribution is -2.54. The predicted octanol–water partition coefficient (Wildman–Crippen LogP) is 3.11. The third-order valence-corrected chi connectivity index (χ3v) is 4.45. The summed E-state index contributed by atoms with van der Waals surface area (Å²) in [6.07, 6.45) is 0.914. The van der Waals surface area contributed by atoms with E-state index >= 15 is 0 Å². The first-order chi connectivity index (χ1) is 8.92. The lowest BCUT2D eigenvalue weighted by molar-refractivity contribution is 0.0869. The fraction of sp³-hybridized carbons (Fsp3) is 0.500.